The van der Waals surface area contributed by atoms with Crippen LogP contribution in [-0.2, 0) is 22.9 Å². The van der Waals surface area contributed by atoms with E-state index in [2.05, 4.69) is 9.05 Å². The fourth-order valence-electron chi connectivity index (χ4n) is 0.763. The lowest BCUT2D eigenvalue weighted by molar-refractivity contribution is -0.111. The van der Waals surface area contributed by atoms with Crippen molar-refractivity contribution < 1.29 is 31.7 Å². The van der Waals surface area contributed by atoms with Gasteiger partial charge in [-0.1, -0.05) is 13.8 Å². The largest absolute Gasteiger partial charge is 0.474 e. The Balaban J connectivity index is 3.77. The smallest absolute Gasteiger partial charge is 0.373 e. The Kier molecular flexibility index (Phi) is 7.35. The average molecular weight is 276 g/mol. The van der Waals surface area contributed by atoms with Gasteiger partial charge in [0, 0.05) is 20.1 Å². The molecular weight excluding hydrogens is 257 g/mol. The number of phosphoric acid groups is 1. The van der Waals surface area contributed by atoms with Crippen LogP contribution in [0, 0.1) is 5.92 Å². The zero-order valence-electron chi connectivity index (χ0n) is 10.4. The molecule has 0 N–H and O–H groups in total. The highest BCUT2D eigenvalue weighted by molar-refractivity contribution is 7.48. The third kappa shape index (κ3) is 6.43. The lowest BCUT2D eigenvalue weighted by Crippen LogP contribution is -2.30. The van der Waals surface area contributed by atoms with Crippen molar-refractivity contribution in [3.63, 3.8) is 0 Å². The molecule has 0 heterocycles. The summed E-state index contributed by atoms with van der Waals surface area (Å²) < 4.78 is 55.9. The summed E-state index contributed by atoms with van der Waals surface area (Å²) in [7, 11) is -1.22. The van der Waals surface area contributed by atoms with E-state index in [1.54, 1.807) is 0 Å². The highest BCUT2D eigenvalue weighted by atomic mass is 31.2. The summed E-state index contributed by atoms with van der Waals surface area (Å²) in [5, 5.41) is 0. The van der Waals surface area contributed by atoms with Crippen LogP contribution < -0.4 is 0 Å². The number of ether oxygens (including phenoxy) is 1. The van der Waals surface area contributed by atoms with E-state index in [0.29, 0.717) is 0 Å². The van der Waals surface area contributed by atoms with Gasteiger partial charge in [0.05, 0.1) is 13.2 Å². The highest BCUT2D eigenvalue weighted by Crippen LogP contribution is 2.47. The van der Waals surface area contributed by atoms with Gasteiger partial charge in [0.2, 0.25) is 0 Å². The topological polar surface area (TPSA) is 54.0 Å². The van der Waals surface area contributed by atoms with Crippen LogP contribution in [0.25, 0.3) is 0 Å². The fourth-order valence-corrected chi connectivity index (χ4v) is 1.42. The molecule has 0 aliphatic rings. The van der Waals surface area contributed by atoms with E-state index >= 15 is 0 Å². The van der Waals surface area contributed by atoms with E-state index in [0.717, 1.165) is 14.2 Å². The van der Waals surface area contributed by atoms with Crippen molar-refractivity contribution in [1.82, 2.24) is 0 Å². The Morgan fingerprint density at radius 1 is 1.18 bits per heavy atom. The van der Waals surface area contributed by atoms with Crippen LogP contribution >= 0.6 is 7.82 Å². The molecule has 0 rings (SSSR count). The monoisotopic (exact) mass is 276 g/mol. The third-order valence-electron chi connectivity index (χ3n) is 2.06. The van der Waals surface area contributed by atoms with Gasteiger partial charge in [-0.25, -0.2) is 13.3 Å². The lowest BCUT2D eigenvalue weighted by Gasteiger charge is -2.20. The molecule has 0 atom stereocenters. The van der Waals surface area contributed by atoms with Crippen LogP contribution in [0.5, 0.6) is 0 Å². The molecule has 0 aromatic heterocycles. The summed E-state index contributed by atoms with van der Waals surface area (Å²) in [4.78, 5) is 0. The number of alkyl halides is 2. The van der Waals surface area contributed by atoms with Crippen molar-refractivity contribution in [1.29, 1.82) is 0 Å². The average Bonchev–Trinajstić information content (AvgIpc) is 2.28. The Hall–Kier alpha value is -0.0700. The predicted octanol–water partition coefficient (Wildman–Crippen LogP) is 2.71. The highest BCUT2D eigenvalue weighted by Gasteiger charge is 2.33. The molecule has 0 saturated carbocycles. The summed E-state index contributed by atoms with van der Waals surface area (Å²) in [6, 6.07) is 0. The van der Waals surface area contributed by atoms with E-state index in [4.69, 9.17) is 9.26 Å². The standard InChI is InChI=1S/C9H19F2O5P/c1-8(2)9(10,11)7-15-5-6-16-17(12,13-3)14-4/h8H,5-7H2,1-4H3. The van der Waals surface area contributed by atoms with Gasteiger partial charge in [0.1, 0.15) is 6.61 Å². The first-order valence-corrected chi connectivity index (χ1v) is 6.55. The van der Waals surface area contributed by atoms with Crippen molar-refractivity contribution in [3.8, 4) is 0 Å². The Labute approximate surface area is 100.0 Å². The van der Waals surface area contributed by atoms with Crippen molar-refractivity contribution in [2.45, 2.75) is 19.8 Å². The number of rotatable bonds is 9. The molecule has 104 valence electrons. The maximum Gasteiger partial charge on any atom is 0.474 e. The van der Waals surface area contributed by atoms with Crippen molar-refractivity contribution in [2.75, 3.05) is 34.0 Å². The molecule has 0 aromatic carbocycles. The molecule has 5 nitrogen and oxygen atoms in total. The van der Waals surface area contributed by atoms with Crippen LogP contribution in [0.3, 0.4) is 0 Å². The minimum absolute atomic E-state index is 0.112. The summed E-state index contributed by atoms with van der Waals surface area (Å²) in [6.45, 7) is 1.86. The second-order valence-corrected chi connectivity index (χ2v) is 5.50. The molecule has 17 heavy (non-hydrogen) atoms. The van der Waals surface area contributed by atoms with Crippen LogP contribution in [0.2, 0.25) is 0 Å². The zero-order chi connectivity index (χ0) is 13.5. The molecule has 0 aliphatic carbocycles. The molecular formula is C9H19F2O5P. The number of hydrogen-bond acceptors (Lipinski definition) is 5. The zero-order valence-corrected chi connectivity index (χ0v) is 11.3. The first kappa shape index (κ1) is 16.9. The maximum absolute atomic E-state index is 13.1. The molecule has 0 amide bonds. The summed E-state index contributed by atoms with van der Waals surface area (Å²) >= 11 is 0. The van der Waals surface area contributed by atoms with E-state index < -0.39 is 26.3 Å². The second kappa shape index (κ2) is 7.38. The van der Waals surface area contributed by atoms with Gasteiger partial charge in [0.25, 0.3) is 5.92 Å². The molecule has 0 aromatic rings. The number of hydrogen-bond donors (Lipinski definition) is 0. The quantitative estimate of drug-likeness (QED) is 0.478. The normalized spacial score (nSPS) is 13.4. The van der Waals surface area contributed by atoms with Crippen LogP contribution in [0.1, 0.15) is 13.8 Å². The first-order chi connectivity index (χ1) is 7.77. The third-order valence-corrected chi connectivity index (χ3v) is 3.46. The number of halogens is 2. The Morgan fingerprint density at radius 2 is 1.71 bits per heavy atom. The van der Waals surface area contributed by atoms with Crippen LogP contribution in [0.15, 0.2) is 0 Å². The Bertz CT molecular complexity index is 252. The van der Waals surface area contributed by atoms with E-state index in [1.807, 2.05) is 0 Å². The van der Waals surface area contributed by atoms with Gasteiger partial charge >= 0.3 is 7.82 Å². The van der Waals surface area contributed by atoms with Gasteiger partial charge < -0.3 is 4.74 Å². The van der Waals surface area contributed by atoms with Crippen molar-refractivity contribution in [2.24, 2.45) is 5.92 Å². The molecule has 0 saturated heterocycles. The minimum atomic E-state index is -3.55. The first-order valence-electron chi connectivity index (χ1n) is 5.09. The fraction of sp³-hybridized carbons (Fsp3) is 1.00. The SMILES string of the molecule is COP(=O)(OC)OCCOCC(F)(F)C(C)C. The molecule has 0 bridgehead atoms. The van der Waals surface area contributed by atoms with Gasteiger partial charge in [-0.3, -0.25) is 13.6 Å². The van der Waals surface area contributed by atoms with Crippen LogP contribution in [-0.4, -0.2) is 40.0 Å². The number of phosphoric ester groups is 1. The van der Waals surface area contributed by atoms with Gasteiger partial charge in [0.15, 0.2) is 0 Å². The van der Waals surface area contributed by atoms with Gasteiger partial charge in [-0.05, 0) is 0 Å². The van der Waals surface area contributed by atoms with Gasteiger partial charge in [-0.2, -0.15) is 0 Å². The van der Waals surface area contributed by atoms with E-state index in [9.17, 15) is 13.3 Å². The molecule has 0 fully saturated rings. The summed E-state index contributed by atoms with van der Waals surface area (Å²) in [5.74, 6) is -3.68. The summed E-state index contributed by atoms with van der Waals surface area (Å²) in [5.41, 5.74) is 0. The molecule has 0 radical (unpaired) electrons. The van der Waals surface area contributed by atoms with Crippen molar-refractivity contribution in [3.05, 3.63) is 0 Å². The maximum atomic E-state index is 13.1. The molecule has 0 unspecified atom stereocenters. The lowest BCUT2D eigenvalue weighted by atomic mass is 10.1. The molecule has 0 aliphatic heterocycles. The summed E-state index contributed by atoms with van der Waals surface area (Å²) in [6.07, 6.45) is 0. The Morgan fingerprint density at radius 3 is 2.12 bits per heavy atom. The van der Waals surface area contributed by atoms with Crippen molar-refractivity contribution >= 4 is 7.82 Å². The minimum Gasteiger partial charge on any atom is -0.373 e. The van der Waals surface area contributed by atoms with E-state index in [-0.39, 0.29) is 13.2 Å². The predicted molar refractivity (Wildman–Crippen MR) is 58.2 cm³/mol. The van der Waals surface area contributed by atoms with E-state index in [1.165, 1.54) is 13.8 Å². The van der Waals surface area contributed by atoms with Gasteiger partial charge in [-0.15, -0.1) is 0 Å². The second-order valence-electron chi connectivity index (χ2n) is 3.61. The molecule has 0 spiro atoms. The van der Waals surface area contributed by atoms with Crippen LogP contribution in [0.4, 0.5) is 8.78 Å². The molecule has 8 heteroatoms.